The van der Waals surface area contributed by atoms with Crippen LogP contribution in [-0.2, 0) is 16.0 Å². The number of ether oxygens (including phenoxy) is 1. The van der Waals surface area contributed by atoms with Crippen molar-refractivity contribution in [3.05, 3.63) is 77.4 Å². The Morgan fingerprint density at radius 3 is 2.40 bits per heavy atom. The monoisotopic (exact) mass is 406 g/mol. The summed E-state index contributed by atoms with van der Waals surface area (Å²) >= 11 is 0. The van der Waals surface area contributed by atoms with Crippen LogP contribution in [-0.4, -0.2) is 41.2 Å². The van der Waals surface area contributed by atoms with Crippen molar-refractivity contribution in [2.45, 2.75) is 26.4 Å². The van der Waals surface area contributed by atoms with E-state index < -0.39 is 29.8 Å². The molecule has 0 bridgehead atoms. The molecule has 0 saturated carbocycles. The molecule has 0 unspecified atom stereocenters. The number of nitrogens with zero attached hydrogens (tertiary/aromatic N) is 1. The molecule has 1 N–H and O–H groups in total. The fourth-order valence-corrected chi connectivity index (χ4v) is 3.06. The number of aryl methyl sites for hydroxylation is 1. The van der Waals surface area contributed by atoms with Gasteiger partial charge in [-0.15, -0.1) is 6.58 Å². The number of fused-ring (bicyclic) bond motifs is 1. The lowest BCUT2D eigenvalue weighted by molar-refractivity contribution is -0.123. The van der Waals surface area contributed by atoms with Crippen molar-refractivity contribution in [1.82, 2.24) is 4.90 Å². The van der Waals surface area contributed by atoms with Gasteiger partial charge in [0.2, 0.25) is 0 Å². The Kier molecular flexibility index (Phi) is 6.11. The number of benzene rings is 2. The van der Waals surface area contributed by atoms with Crippen LogP contribution in [0.2, 0.25) is 0 Å². The van der Waals surface area contributed by atoms with Crippen molar-refractivity contribution in [3.63, 3.8) is 0 Å². The van der Waals surface area contributed by atoms with Crippen LogP contribution in [0.5, 0.6) is 0 Å². The summed E-state index contributed by atoms with van der Waals surface area (Å²) in [7, 11) is 0. The van der Waals surface area contributed by atoms with Gasteiger partial charge in [0.1, 0.15) is 0 Å². The molecule has 154 valence electrons. The van der Waals surface area contributed by atoms with E-state index in [1.54, 1.807) is 12.1 Å². The molecule has 0 saturated heterocycles. The number of rotatable bonds is 7. The van der Waals surface area contributed by atoms with Gasteiger partial charge in [-0.2, -0.15) is 0 Å². The number of nitrogens with one attached hydrogen (secondary N) is 1. The van der Waals surface area contributed by atoms with Gasteiger partial charge in [-0.05, 0) is 49.2 Å². The summed E-state index contributed by atoms with van der Waals surface area (Å²) in [5.74, 6) is -2.16. The minimum absolute atomic E-state index is 0.0855. The topological polar surface area (TPSA) is 92.8 Å². The second-order valence-corrected chi connectivity index (χ2v) is 6.86. The van der Waals surface area contributed by atoms with Gasteiger partial charge in [-0.25, -0.2) is 4.79 Å². The highest BCUT2D eigenvalue weighted by Gasteiger charge is 2.35. The lowest BCUT2D eigenvalue weighted by Crippen LogP contribution is -2.30. The lowest BCUT2D eigenvalue weighted by Gasteiger charge is -2.14. The average molecular weight is 406 g/mol. The maximum Gasteiger partial charge on any atom is 0.338 e. The molecule has 3 amide bonds. The molecule has 0 radical (unpaired) electrons. The zero-order chi connectivity index (χ0) is 21.8. The molecule has 0 aromatic heterocycles. The van der Waals surface area contributed by atoms with Gasteiger partial charge in [0.05, 0.1) is 16.7 Å². The van der Waals surface area contributed by atoms with Gasteiger partial charge in [0.25, 0.3) is 17.7 Å². The Hall–Kier alpha value is -3.74. The van der Waals surface area contributed by atoms with Crippen molar-refractivity contribution in [3.8, 4) is 0 Å². The number of imide groups is 1. The minimum atomic E-state index is -1.05. The van der Waals surface area contributed by atoms with E-state index >= 15 is 0 Å². The second-order valence-electron chi connectivity index (χ2n) is 6.86. The molecule has 0 aliphatic carbocycles. The Morgan fingerprint density at radius 1 is 1.10 bits per heavy atom. The molecule has 1 atom stereocenters. The van der Waals surface area contributed by atoms with Crippen LogP contribution in [0.4, 0.5) is 5.69 Å². The SMILES string of the molecule is C=CCN1C(=O)c2ccc(C(=O)O[C@H](C)C(=O)Nc3ccc(CC)cc3)cc2C1=O. The number of carbonyl (C=O) groups is 4. The van der Waals surface area contributed by atoms with Crippen LogP contribution in [0.25, 0.3) is 0 Å². The molecule has 2 aromatic rings. The first-order chi connectivity index (χ1) is 14.3. The maximum atomic E-state index is 12.5. The first kappa shape index (κ1) is 21.0. The lowest BCUT2D eigenvalue weighted by atomic mass is 10.1. The van der Waals surface area contributed by atoms with E-state index in [-0.39, 0.29) is 23.2 Å². The summed E-state index contributed by atoms with van der Waals surface area (Å²) in [5, 5.41) is 2.69. The van der Waals surface area contributed by atoms with Crippen molar-refractivity contribution in [2.24, 2.45) is 0 Å². The van der Waals surface area contributed by atoms with E-state index in [1.807, 2.05) is 19.1 Å². The van der Waals surface area contributed by atoms with Crippen molar-refractivity contribution in [1.29, 1.82) is 0 Å². The molecule has 1 heterocycles. The largest absolute Gasteiger partial charge is 0.449 e. The first-order valence-electron chi connectivity index (χ1n) is 9.57. The molecule has 2 aromatic carbocycles. The normalized spacial score (nSPS) is 13.6. The van der Waals surface area contributed by atoms with E-state index in [2.05, 4.69) is 11.9 Å². The summed E-state index contributed by atoms with van der Waals surface area (Å²) < 4.78 is 5.23. The molecular weight excluding hydrogens is 384 g/mol. The van der Waals surface area contributed by atoms with Crippen LogP contribution in [0.15, 0.2) is 55.1 Å². The highest BCUT2D eigenvalue weighted by molar-refractivity contribution is 6.22. The quantitative estimate of drug-likeness (QED) is 0.433. The molecule has 7 heteroatoms. The van der Waals surface area contributed by atoms with E-state index in [4.69, 9.17) is 4.74 Å². The van der Waals surface area contributed by atoms with Crippen LogP contribution < -0.4 is 5.32 Å². The molecule has 3 rings (SSSR count). The molecule has 0 fully saturated rings. The number of hydrogen-bond donors (Lipinski definition) is 1. The fraction of sp³-hybridized carbons (Fsp3) is 0.217. The first-order valence-corrected chi connectivity index (χ1v) is 9.57. The van der Waals surface area contributed by atoms with Gasteiger partial charge in [0, 0.05) is 12.2 Å². The Morgan fingerprint density at radius 2 is 1.77 bits per heavy atom. The van der Waals surface area contributed by atoms with Crippen LogP contribution in [0, 0.1) is 0 Å². The van der Waals surface area contributed by atoms with Crippen LogP contribution in [0.1, 0.15) is 50.5 Å². The third-order valence-electron chi connectivity index (χ3n) is 4.80. The third-order valence-corrected chi connectivity index (χ3v) is 4.80. The summed E-state index contributed by atoms with van der Waals surface area (Å²) in [6.07, 6.45) is 1.29. The van der Waals surface area contributed by atoms with E-state index in [9.17, 15) is 19.2 Å². The maximum absolute atomic E-state index is 12.5. The second kappa shape index (κ2) is 8.73. The van der Waals surface area contributed by atoms with Crippen molar-refractivity contribution in [2.75, 3.05) is 11.9 Å². The predicted molar refractivity (Wildman–Crippen MR) is 111 cm³/mol. The van der Waals surface area contributed by atoms with Crippen molar-refractivity contribution < 1.29 is 23.9 Å². The predicted octanol–water partition coefficient (Wildman–Crippen LogP) is 3.22. The minimum Gasteiger partial charge on any atom is -0.449 e. The third kappa shape index (κ3) is 4.15. The van der Waals surface area contributed by atoms with Crippen LogP contribution in [0.3, 0.4) is 0 Å². The van der Waals surface area contributed by atoms with Gasteiger partial charge < -0.3 is 10.1 Å². The highest BCUT2D eigenvalue weighted by atomic mass is 16.5. The zero-order valence-corrected chi connectivity index (χ0v) is 16.8. The molecule has 0 spiro atoms. The number of anilines is 1. The summed E-state index contributed by atoms with van der Waals surface area (Å²) in [5.41, 5.74) is 2.18. The van der Waals surface area contributed by atoms with Gasteiger partial charge in [-0.3, -0.25) is 19.3 Å². The molecule has 1 aliphatic rings. The smallest absolute Gasteiger partial charge is 0.338 e. The van der Waals surface area contributed by atoms with E-state index in [0.29, 0.717) is 5.69 Å². The van der Waals surface area contributed by atoms with Gasteiger partial charge in [0.15, 0.2) is 6.10 Å². The molecule has 7 nitrogen and oxygen atoms in total. The average Bonchev–Trinajstić information content (AvgIpc) is 2.98. The number of hydrogen-bond acceptors (Lipinski definition) is 5. The highest BCUT2D eigenvalue weighted by Crippen LogP contribution is 2.24. The summed E-state index contributed by atoms with van der Waals surface area (Å²) in [4.78, 5) is 50.5. The number of carbonyl (C=O) groups excluding carboxylic acids is 4. The Bertz CT molecular complexity index is 1030. The Balaban J connectivity index is 1.67. The zero-order valence-electron chi connectivity index (χ0n) is 16.8. The Labute approximate surface area is 174 Å². The summed E-state index contributed by atoms with van der Waals surface area (Å²) in [6, 6.07) is 11.5. The molecule has 30 heavy (non-hydrogen) atoms. The van der Waals surface area contributed by atoms with Gasteiger partial charge in [-0.1, -0.05) is 25.1 Å². The number of esters is 1. The number of amides is 3. The van der Waals surface area contributed by atoms with Crippen LogP contribution >= 0.6 is 0 Å². The fourth-order valence-electron chi connectivity index (χ4n) is 3.06. The molecule has 1 aliphatic heterocycles. The van der Waals surface area contributed by atoms with Gasteiger partial charge >= 0.3 is 5.97 Å². The summed E-state index contributed by atoms with van der Waals surface area (Å²) in [6.45, 7) is 7.11. The van der Waals surface area contributed by atoms with E-state index in [0.717, 1.165) is 16.9 Å². The van der Waals surface area contributed by atoms with Crippen molar-refractivity contribution >= 4 is 29.4 Å². The standard InChI is InChI=1S/C23H22N2O5/c1-4-12-25-21(27)18-11-8-16(13-19(18)22(25)28)23(29)30-14(3)20(26)24-17-9-6-15(5-2)7-10-17/h4,6-11,13-14H,1,5,12H2,2-3H3,(H,24,26)/t14-/m1/s1. The molecular formula is C23H22N2O5. The van der Waals surface area contributed by atoms with E-state index in [1.165, 1.54) is 31.2 Å².